The Morgan fingerprint density at radius 1 is 1.33 bits per heavy atom. The first-order chi connectivity index (χ1) is 15.4. The van der Waals surface area contributed by atoms with Crippen LogP contribution in [0, 0.1) is 0 Å². The number of carbonyl (C=O) groups is 1. The molecule has 9 nitrogen and oxygen atoms in total. The highest BCUT2D eigenvalue weighted by atomic mass is 35.5. The first-order valence-corrected chi connectivity index (χ1v) is 10.7. The second-order valence-electron chi connectivity index (χ2n) is 7.41. The van der Waals surface area contributed by atoms with Crippen LogP contribution in [0.4, 0.5) is 17.1 Å². The number of aryl methyl sites for hydroxylation is 1. The lowest BCUT2D eigenvalue weighted by molar-refractivity contribution is -0.138. The third kappa shape index (κ3) is 4.72. The molecule has 3 aromatic rings. The molecular formula is C18H16ClF4N6O3S+. The lowest BCUT2D eigenvalue weighted by atomic mass is 10.1. The number of amides is 1. The maximum Gasteiger partial charge on any atom is 0.435 e. The van der Waals surface area contributed by atoms with Crippen molar-refractivity contribution in [2.24, 2.45) is 12.8 Å². The minimum atomic E-state index is -5.01. The average molecular weight is 508 g/mol. The van der Waals surface area contributed by atoms with Crippen LogP contribution in [0.25, 0.3) is 16.9 Å². The lowest BCUT2D eigenvalue weighted by Gasteiger charge is -2.13. The second kappa shape index (κ2) is 8.11. The first kappa shape index (κ1) is 23.2. The second-order valence-corrected chi connectivity index (χ2v) is 8.42. The molecule has 0 spiro atoms. The summed E-state index contributed by atoms with van der Waals surface area (Å²) in [5.41, 5.74) is 4.62. The quantitative estimate of drug-likeness (QED) is 0.174. The molecule has 3 N–H and O–H groups in total. The SMILES string of the molecule is Cn1nc(O[SH+](=O)F)c(C(F)(F)F)c1-n1cc(-c2ccc(Cl)c(C(=O)NC3(N)CC3)c2)cn1. The Morgan fingerprint density at radius 2 is 2.03 bits per heavy atom. The lowest BCUT2D eigenvalue weighted by Crippen LogP contribution is -2.43. The highest BCUT2D eigenvalue weighted by Crippen LogP contribution is 2.40. The van der Waals surface area contributed by atoms with Crippen LogP contribution in [-0.4, -0.2) is 31.1 Å². The normalized spacial score (nSPS) is 15.8. The van der Waals surface area contributed by atoms with Crippen LogP contribution in [0.5, 0.6) is 5.88 Å². The number of alkyl halides is 3. The Hall–Kier alpha value is -2.97. The fraction of sp³-hybridized carbons (Fsp3) is 0.278. The topological polar surface area (TPSA) is 117 Å². The van der Waals surface area contributed by atoms with E-state index in [1.807, 2.05) is 0 Å². The van der Waals surface area contributed by atoms with Gasteiger partial charge in [-0.2, -0.15) is 18.3 Å². The molecule has 0 saturated heterocycles. The number of carbonyl (C=O) groups excluding carboxylic acids is 1. The van der Waals surface area contributed by atoms with Crippen molar-refractivity contribution in [3.8, 4) is 22.8 Å². The Bertz CT molecular complexity index is 1270. The number of nitrogens with zero attached hydrogens (tertiary/aromatic N) is 4. The molecule has 1 fully saturated rings. The fourth-order valence-corrected chi connectivity index (χ4v) is 3.62. The van der Waals surface area contributed by atoms with Crippen LogP contribution in [-0.2, 0) is 28.9 Å². The number of hydrogen-bond donors (Lipinski definition) is 2. The van der Waals surface area contributed by atoms with Crippen molar-refractivity contribution in [2.45, 2.75) is 24.7 Å². The molecule has 33 heavy (non-hydrogen) atoms. The molecule has 0 aliphatic heterocycles. The molecule has 1 aliphatic carbocycles. The number of nitrogens with two attached hydrogens (primary N) is 1. The largest absolute Gasteiger partial charge is 0.435 e. The van der Waals surface area contributed by atoms with E-state index in [2.05, 4.69) is 19.7 Å². The van der Waals surface area contributed by atoms with E-state index >= 15 is 0 Å². The van der Waals surface area contributed by atoms with Crippen LogP contribution in [0.3, 0.4) is 0 Å². The zero-order valence-electron chi connectivity index (χ0n) is 16.7. The van der Waals surface area contributed by atoms with Gasteiger partial charge < -0.3 is 11.1 Å². The molecule has 2 heterocycles. The minimum Gasteiger partial charge on any atom is -0.334 e. The molecule has 0 bridgehead atoms. The van der Waals surface area contributed by atoms with Gasteiger partial charge >= 0.3 is 23.5 Å². The van der Waals surface area contributed by atoms with Crippen molar-refractivity contribution in [3.05, 3.63) is 46.7 Å². The number of halogens is 5. The third-order valence-corrected chi connectivity index (χ3v) is 5.57. The highest BCUT2D eigenvalue weighted by molar-refractivity contribution is 7.75. The summed E-state index contributed by atoms with van der Waals surface area (Å²) in [6.07, 6.45) is -1.22. The number of thiol groups is 1. The number of nitrogens with one attached hydrogen (secondary N) is 1. The van der Waals surface area contributed by atoms with Gasteiger partial charge in [-0.15, -0.1) is 5.10 Å². The zero-order valence-corrected chi connectivity index (χ0v) is 18.4. The van der Waals surface area contributed by atoms with Gasteiger partial charge in [-0.05, 0) is 34.7 Å². The van der Waals surface area contributed by atoms with Crippen molar-refractivity contribution in [2.75, 3.05) is 0 Å². The van der Waals surface area contributed by atoms with E-state index in [1.165, 1.54) is 24.5 Å². The average Bonchev–Trinajstić information content (AvgIpc) is 3.10. The highest BCUT2D eigenvalue weighted by Gasteiger charge is 2.44. The van der Waals surface area contributed by atoms with Gasteiger partial charge in [0.1, 0.15) is 0 Å². The molecule has 1 aliphatic rings. The summed E-state index contributed by atoms with van der Waals surface area (Å²) < 4.78 is 70.2. The fourth-order valence-electron chi connectivity index (χ4n) is 3.15. The predicted molar refractivity (Wildman–Crippen MR) is 111 cm³/mol. The van der Waals surface area contributed by atoms with Gasteiger partial charge in [0.2, 0.25) is 0 Å². The van der Waals surface area contributed by atoms with Crippen LogP contribution in [0.1, 0.15) is 28.8 Å². The Labute approximate surface area is 191 Å². The van der Waals surface area contributed by atoms with Crippen LogP contribution >= 0.6 is 11.6 Å². The Morgan fingerprint density at radius 3 is 2.64 bits per heavy atom. The van der Waals surface area contributed by atoms with Gasteiger partial charge in [0.05, 0.1) is 26.3 Å². The number of benzene rings is 1. The maximum atomic E-state index is 13.7. The summed E-state index contributed by atoms with van der Waals surface area (Å²) in [6, 6.07) is 4.49. The van der Waals surface area contributed by atoms with Crippen molar-refractivity contribution in [1.29, 1.82) is 0 Å². The van der Waals surface area contributed by atoms with Crippen molar-refractivity contribution in [3.63, 3.8) is 0 Å². The van der Waals surface area contributed by atoms with Gasteiger partial charge in [0.25, 0.3) is 5.91 Å². The van der Waals surface area contributed by atoms with Crippen LogP contribution in [0.15, 0.2) is 30.6 Å². The molecule has 0 radical (unpaired) electrons. The van der Waals surface area contributed by atoms with E-state index in [0.717, 1.165) is 16.4 Å². The van der Waals surface area contributed by atoms with Gasteiger partial charge in [-0.1, -0.05) is 17.7 Å². The molecule has 2 aromatic heterocycles. The van der Waals surface area contributed by atoms with Gasteiger partial charge in [-0.3, -0.25) is 4.79 Å². The molecule has 4 rings (SSSR count). The van der Waals surface area contributed by atoms with Crippen LogP contribution < -0.4 is 15.2 Å². The zero-order chi connectivity index (χ0) is 24.1. The summed E-state index contributed by atoms with van der Waals surface area (Å²) in [4.78, 5) is 12.5. The Kier molecular flexibility index (Phi) is 5.70. The molecule has 1 aromatic carbocycles. The molecule has 15 heteroatoms. The summed E-state index contributed by atoms with van der Waals surface area (Å²) in [6.45, 7) is 0. The van der Waals surface area contributed by atoms with E-state index in [9.17, 15) is 26.1 Å². The van der Waals surface area contributed by atoms with Gasteiger partial charge in [0, 0.05) is 18.8 Å². The van der Waals surface area contributed by atoms with Crippen LogP contribution in [0.2, 0.25) is 5.02 Å². The van der Waals surface area contributed by atoms with E-state index in [1.54, 1.807) is 6.07 Å². The van der Waals surface area contributed by atoms with E-state index in [0.29, 0.717) is 24.0 Å². The summed E-state index contributed by atoms with van der Waals surface area (Å²) in [7, 11) is 1.16. The number of hydrogen-bond acceptors (Lipinski definition) is 6. The van der Waals surface area contributed by atoms with Gasteiger partial charge in [0.15, 0.2) is 11.4 Å². The maximum absolute atomic E-state index is 13.7. The molecule has 1 atom stereocenters. The third-order valence-electron chi connectivity index (χ3n) is 4.92. The van der Waals surface area contributed by atoms with Crippen molar-refractivity contribution in [1.82, 2.24) is 24.9 Å². The molecule has 1 saturated carbocycles. The Balaban J connectivity index is 1.72. The molecule has 1 amide bonds. The van der Waals surface area contributed by atoms with E-state index in [4.69, 9.17) is 17.3 Å². The summed E-state index contributed by atoms with van der Waals surface area (Å²) >= 11 is 2.26. The van der Waals surface area contributed by atoms with E-state index < -0.39 is 46.5 Å². The molecule has 176 valence electrons. The van der Waals surface area contributed by atoms with Gasteiger partial charge in [-0.25, -0.2) is 13.5 Å². The van der Waals surface area contributed by atoms with Crippen molar-refractivity contribution >= 4 is 29.0 Å². The summed E-state index contributed by atoms with van der Waals surface area (Å²) in [5.74, 6) is -2.25. The monoisotopic (exact) mass is 507 g/mol. The summed E-state index contributed by atoms with van der Waals surface area (Å²) in [5, 5.41) is 10.3. The standard InChI is InChI=1S/C18H15ClF4N6O3S/c1-28-16(13(18(20,21)22)15(27-28)32-33(23)31)29-8-10(7-25-29)9-2-3-12(19)11(6-9)14(30)26-17(24)4-5-17/h2-3,6-8H,4-5,24H2,1H3,(H,26,30)/p+1. The molecule has 1 unspecified atom stereocenters. The minimum absolute atomic E-state index is 0.137. The number of rotatable bonds is 6. The molecular weight excluding hydrogens is 492 g/mol. The van der Waals surface area contributed by atoms with E-state index in [-0.39, 0.29) is 10.6 Å². The predicted octanol–water partition coefficient (Wildman–Crippen LogP) is 3.00. The smallest absolute Gasteiger partial charge is 0.334 e. The number of aromatic nitrogens is 4. The van der Waals surface area contributed by atoms with Crippen molar-refractivity contribution < 1.29 is 30.2 Å². The first-order valence-electron chi connectivity index (χ1n) is 9.29.